The first-order valence-corrected chi connectivity index (χ1v) is 14.2. The van der Waals surface area contributed by atoms with Crippen molar-refractivity contribution in [1.29, 1.82) is 0 Å². The highest BCUT2D eigenvalue weighted by Gasteiger charge is 2.16. The molecule has 3 aromatic carbocycles. The third-order valence-electron chi connectivity index (χ3n) is 7.24. The Morgan fingerprint density at radius 2 is 1.07 bits per heavy atom. The summed E-state index contributed by atoms with van der Waals surface area (Å²) in [7, 11) is 0. The van der Waals surface area contributed by atoms with Crippen molar-refractivity contribution in [1.82, 2.24) is 15.0 Å². The summed E-state index contributed by atoms with van der Waals surface area (Å²) >= 11 is 1.66. The van der Waals surface area contributed by atoms with Crippen LogP contribution in [0.25, 0.3) is 65.2 Å². The summed E-state index contributed by atoms with van der Waals surface area (Å²) < 4.78 is 0. The molecule has 0 aliphatic rings. The van der Waals surface area contributed by atoms with Crippen LogP contribution in [-0.4, -0.2) is 37.1 Å². The van der Waals surface area contributed by atoms with Crippen LogP contribution in [0, 0.1) is 0 Å². The van der Waals surface area contributed by atoms with Gasteiger partial charge in [0.1, 0.15) is 0 Å². The Kier molecular flexibility index (Phi) is 6.45. The van der Waals surface area contributed by atoms with Crippen LogP contribution >= 0.6 is 11.3 Å². The van der Waals surface area contributed by atoms with Gasteiger partial charge in [-0.1, -0.05) is 36.4 Å². The van der Waals surface area contributed by atoms with Crippen LogP contribution in [0.5, 0.6) is 0 Å². The van der Waals surface area contributed by atoms with Crippen molar-refractivity contribution in [2.24, 2.45) is 0 Å². The van der Waals surface area contributed by atoms with Gasteiger partial charge in [-0.25, -0.2) is 14.6 Å². The van der Waals surface area contributed by atoms with Crippen molar-refractivity contribution in [3.8, 4) is 43.7 Å². The van der Waals surface area contributed by atoms with E-state index in [0.29, 0.717) is 11.4 Å². The van der Waals surface area contributed by atoms with E-state index in [4.69, 9.17) is 0 Å². The number of thiophene rings is 1. The van der Waals surface area contributed by atoms with E-state index < -0.39 is 11.9 Å². The number of nitrogens with zero attached hydrogens (tertiary/aromatic N) is 3. The largest absolute Gasteiger partial charge is 0.478 e. The number of carboxylic acid groups (broad SMARTS) is 2. The normalized spacial score (nSPS) is 11.2. The fourth-order valence-electron chi connectivity index (χ4n) is 5.09. The van der Waals surface area contributed by atoms with E-state index in [9.17, 15) is 19.8 Å². The summed E-state index contributed by atoms with van der Waals surface area (Å²) in [4.78, 5) is 38.9. The Morgan fingerprint density at radius 1 is 0.512 bits per heavy atom. The molecule has 8 heteroatoms. The number of hydrogen-bond acceptors (Lipinski definition) is 6. The number of carbonyl (C=O) groups is 2. The molecule has 0 spiro atoms. The van der Waals surface area contributed by atoms with Crippen LogP contribution < -0.4 is 0 Å². The van der Waals surface area contributed by atoms with E-state index >= 15 is 0 Å². The van der Waals surface area contributed by atoms with Gasteiger partial charge in [0.2, 0.25) is 0 Å². The molecule has 0 amide bonds. The highest BCUT2D eigenvalue weighted by molar-refractivity contribution is 7.18. The zero-order chi connectivity index (χ0) is 29.5. The van der Waals surface area contributed by atoms with Crippen molar-refractivity contribution < 1.29 is 19.8 Å². The molecular weight excluding hydrogens is 558 g/mol. The van der Waals surface area contributed by atoms with Gasteiger partial charge in [-0.3, -0.25) is 9.97 Å². The van der Waals surface area contributed by atoms with Gasteiger partial charge in [-0.2, -0.15) is 0 Å². The predicted octanol–water partition coefficient (Wildman–Crippen LogP) is 8.30. The number of benzene rings is 3. The van der Waals surface area contributed by atoms with Crippen molar-refractivity contribution in [2.45, 2.75) is 0 Å². The number of aromatic carboxylic acids is 2. The second-order valence-electron chi connectivity index (χ2n) is 10.0. The summed E-state index contributed by atoms with van der Waals surface area (Å²) in [6, 6.07) is 32.8. The lowest BCUT2D eigenvalue weighted by atomic mass is 10.0. The number of rotatable bonds is 6. The van der Waals surface area contributed by atoms with E-state index in [1.54, 1.807) is 17.5 Å². The van der Waals surface area contributed by atoms with Crippen LogP contribution in [0.2, 0.25) is 0 Å². The minimum atomic E-state index is -1.14. The minimum absolute atomic E-state index is 0.00257. The maximum Gasteiger partial charge on any atom is 0.335 e. The van der Waals surface area contributed by atoms with Gasteiger partial charge in [0, 0.05) is 22.1 Å². The Bertz CT molecular complexity index is 2220. The molecule has 0 atom stereocenters. The van der Waals surface area contributed by atoms with E-state index in [1.165, 1.54) is 52.0 Å². The molecule has 43 heavy (non-hydrogen) atoms. The van der Waals surface area contributed by atoms with E-state index in [-0.39, 0.29) is 22.5 Å². The number of pyridine rings is 3. The maximum absolute atomic E-state index is 12.0. The smallest absolute Gasteiger partial charge is 0.335 e. The first-order valence-electron chi connectivity index (χ1n) is 13.4. The zero-order valence-corrected chi connectivity index (χ0v) is 23.2. The first-order chi connectivity index (χ1) is 20.9. The summed E-state index contributed by atoms with van der Waals surface area (Å²) in [6.07, 6.45) is 3.03. The van der Waals surface area contributed by atoms with Crippen LogP contribution in [0.1, 0.15) is 20.7 Å². The molecule has 7 rings (SSSR count). The summed E-state index contributed by atoms with van der Waals surface area (Å²) in [5.74, 6) is -2.25. The summed E-state index contributed by atoms with van der Waals surface area (Å²) in [5, 5.41) is 23.9. The lowest BCUT2D eigenvalue weighted by Crippen LogP contribution is -2.02. The third-order valence-corrected chi connectivity index (χ3v) is 8.43. The van der Waals surface area contributed by atoms with Crippen LogP contribution in [0.15, 0.2) is 116 Å². The molecule has 0 fully saturated rings. The Labute approximate surface area is 249 Å². The summed E-state index contributed by atoms with van der Waals surface area (Å²) in [6.45, 7) is 0. The molecule has 0 aliphatic heterocycles. The van der Waals surface area contributed by atoms with E-state index in [0.717, 1.165) is 20.9 Å². The van der Waals surface area contributed by atoms with Crippen molar-refractivity contribution >= 4 is 44.8 Å². The van der Waals surface area contributed by atoms with Crippen LogP contribution in [0.3, 0.4) is 0 Å². The Hall–Kier alpha value is -5.73. The molecule has 0 aliphatic carbocycles. The molecule has 0 saturated carbocycles. The Morgan fingerprint density at radius 3 is 1.74 bits per heavy atom. The Balaban J connectivity index is 1.24. The highest BCUT2D eigenvalue weighted by atomic mass is 32.1. The van der Waals surface area contributed by atoms with Gasteiger partial charge in [0.25, 0.3) is 0 Å². The average molecular weight is 580 g/mol. The highest BCUT2D eigenvalue weighted by Crippen LogP contribution is 2.37. The van der Waals surface area contributed by atoms with Gasteiger partial charge in [0.05, 0.1) is 33.9 Å². The number of carboxylic acids is 2. The van der Waals surface area contributed by atoms with Crippen LogP contribution in [-0.2, 0) is 0 Å². The molecule has 0 radical (unpaired) electrons. The molecule has 4 aromatic heterocycles. The molecule has 2 N–H and O–H groups in total. The number of fused-ring (bicyclic) bond motifs is 2. The van der Waals surface area contributed by atoms with Gasteiger partial charge in [-0.05, 0) is 99.4 Å². The molecule has 206 valence electrons. The number of hydrogen-bond donors (Lipinski definition) is 2. The van der Waals surface area contributed by atoms with Gasteiger partial charge >= 0.3 is 11.9 Å². The average Bonchev–Trinajstić information content (AvgIpc) is 3.54. The van der Waals surface area contributed by atoms with Gasteiger partial charge < -0.3 is 10.2 Å². The molecular formula is C35H21N3O4S. The fraction of sp³-hybridized carbons (Fsp3) is 0. The minimum Gasteiger partial charge on any atom is -0.478 e. The molecule has 0 bridgehead atoms. The lowest BCUT2D eigenvalue weighted by molar-refractivity contribution is 0.0686. The molecule has 7 nitrogen and oxygen atoms in total. The summed E-state index contributed by atoms with van der Waals surface area (Å²) in [5.41, 5.74) is 3.41. The van der Waals surface area contributed by atoms with Gasteiger partial charge in [0.15, 0.2) is 0 Å². The molecule has 0 saturated heterocycles. The molecule has 4 heterocycles. The van der Waals surface area contributed by atoms with Crippen molar-refractivity contribution in [3.05, 3.63) is 127 Å². The predicted molar refractivity (Wildman–Crippen MR) is 168 cm³/mol. The lowest BCUT2D eigenvalue weighted by Gasteiger charge is -2.08. The first kappa shape index (κ1) is 26.2. The number of aromatic nitrogens is 3. The molecule has 7 aromatic rings. The fourth-order valence-corrected chi connectivity index (χ4v) is 6.08. The van der Waals surface area contributed by atoms with Crippen LogP contribution in [0.4, 0.5) is 0 Å². The quantitative estimate of drug-likeness (QED) is 0.191. The maximum atomic E-state index is 12.0. The second kappa shape index (κ2) is 10.6. The van der Waals surface area contributed by atoms with E-state index in [1.807, 2.05) is 12.1 Å². The van der Waals surface area contributed by atoms with Gasteiger partial charge in [-0.15, -0.1) is 11.3 Å². The molecule has 0 unspecified atom stereocenters. The monoisotopic (exact) mass is 579 g/mol. The van der Waals surface area contributed by atoms with Crippen molar-refractivity contribution in [3.63, 3.8) is 0 Å². The second-order valence-corrected chi connectivity index (χ2v) is 11.1. The zero-order valence-electron chi connectivity index (χ0n) is 22.4. The SMILES string of the molecule is O=C(O)c1ccnc(-c2cc(C(=O)O)cc(-c3cc(-c4ccc(-c5ccc6cc7ccccc7cc6c5)s4)ccn3)n2)c1. The standard InChI is InChI=1S/C35H21N3O4S/c39-34(40)25-10-12-37-29(17-25)31-19-27(35(41)42)18-30(38-31)28-16-24(9-11-36-28)33-8-7-32(43-33)23-6-5-22-13-20-3-1-2-4-21(20)14-26(22)15-23/h1-19H,(H,39,40)(H,41,42). The third kappa shape index (κ3) is 5.11. The topological polar surface area (TPSA) is 113 Å². The van der Waals surface area contributed by atoms with Crippen molar-refractivity contribution in [2.75, 3.05) is 0 Å². The van der Waals surface area contributed by atoms with E-state index in [2.05, 4.69) is 81.7 Å².